The van der Waals surface area contributed by atoms with Gasteiger partial charge in [-0.25, -0.2) is 0 Å². The van der Waals surface area contributed by atoms with Crippen LogP contribution in [0.1, 0.15) is 31.4 Å². The van der Waals surface area contributed by atoms with Crippen LogP contribution in [0.5, 0.6) is 0 Å². The lowest BCUT2D eigenvalue weighted by molar-refractivity contribution is -0.126. The monoisotopic (exact) mass is 314 g/mol. The Kier molecular flexibility index (Phi) is 4.00. The number of amides is 2. The number of aryl methyl sites for hydroxylation is 1. The zero-order valence-electron chi connectivity index (χ0n) is 10.0. The Bertz CT molecular complexity index is 472. The largest absolute Gasteiger partial charge is 0.344 e. The maximum atomic E-state index is 12.0. The Morgan fingerprint density at radius 2 is 2.28 bits per heavy atom. The summed E-state index contributed by atoms with van der Waals surface area (Å²) in [7, 11) is 0. The van der Waals surface area contributed by atoms with Gasteiger partial charge in [-0.05, 0) is 35.7 Å². The molecule has 18 heavy (non-hydrogen) atoms. The fourth-order valence-corrected chi connectivity index (χ4v) is 2.15. The third kappa shape index (κ3) is 2.90. The van der Waals surface area contributed by atoms with Crippen molar-refractivity contribution in [1.82, 2.24) is 15.5 Å². The second-order valence-electron chi connectivity index (χ2n) is 4.37. The Labute approximate surface area is 113 Å². The van der Waals surface area contributed by atoms with Gasteiger partial charge in [0.1, 0.15) is 6.04 Å². The molecular weight excluding hydrogens is 300 g/mol. The Morgan fingerprint density at radius 3 is 2.94 bits per heavy atom. The maximum absolute atomic E-state index is 12.0. The van der Waals surface area contributed by atoms with E-state index in [9.17, 15) is 9.59 Å². The van der Waals surface area contributed by atoms with E-state index in [4.69, 9.17) is 0 Å². The topological polar surface area (TPSA) is 86.9 Å². The van der Waals surface area contributed by atoms with Gasteiger partial charge >= 0.3 is 0 Å². The molecule has 7 heteroatoms. The highest BCUT2D eigenvalue weighted by Gasteiger charge is 2.24. The lowest BCUT2D eigenvalue weighted by Gasteiger charge is -2.14. The van der Waals surface area contributed by atoms with Crippen molar-refractivity contribution >= 4 is 33.6 Å². The summed E-state index contributed by atoms with van der Waals surface area (Å²) >= 11 is 3.33. The number of nitrogens with zero attached hydrogens (tertiary/aromatic N) is 1. The molecule has 1 atom stereocenters. The van der Waals surface area contributed by atoms with Crippen molar-refractivity contribution in [3.8, 4) is 0 Å². The highest BCUT2D eigenvalue weighted by Crippen LogP contribution is 2.23. The molecule has 3 N–H and O–H groups in total. The number of aromatic amines is 1. The van der Waals surface area contributed by atoms with Crippen LogP contribution in [0.15, 0.2) is 4.47 Å². The van der Waals surface area contributed by atoms with Crippen LogP contribution < -0.4 is 10.6 Å². The van der Waals surface area contributed by atoms with Crippen LogP contribution in [0.4, 0.5) is 5.82 Å². The number of nitrogens with one attached hydrogen (secondary N) is 3. The summed E-state index contributed by atoms with van der Waals surface area (Å²) in [6.07, 6.45) is 2.87. The first kappa shape index (κ1) is 13.1. The summed E-state index contributed by atoms with van der Waals surface area (Å²) in [6, 6.07) is -0.469. The Balaban J connectivity index is 2.02. The van der Waals surface area contributed by atoms with E-state index in [2.05, 4.69) is 36.8 Å². The van der Waals surface area contributed by atoms with Gasteiger partial charge in [0.2, 0.25) is 11.8 Å². The van der Waals surface area contributed by atoms with Gasteiger partial charge in [0.05, 0.1) is 4.47 Å². The van der Waals surface area contributed by atoms with E-state index in [1.165, 1.54) is 0 Å². The minimum Gasteiger partial charge on any atom is -0.344 e. The predicted octanol–water partition coefficient (Wildman–Crippen LogP) is 1.48. The second-order valence-corrected chi connectivity index (χ2v) is 5.16. The van der Waals surface area contributed by atoms with Crippen LogP contribution in [0, 0.1) is 6.92 Å². The van der Waals surface area contributed by atoms with Crippen LogP contribution in [0.25, 0.3) is 0 Å². The molecule has 2 rings (SSSR count). The third-order valence-electron chi connectivity index (χ3n) is 2.91. The fraction of sp³-hybridized carbons (Fsp3) is 0.545. The molecule has 0 aliphatic carbocycles. The molecule has 1 aromatic rings. The van der Waals surface area contributed by atoms with Crippen molar-refractivity contribution in [2.75, 3.05) is 5.32 Å². The van der Waals surface area contributed by atoms with E-state index in [0.717, 1.165) is 23.0 Å². The molecule has 2 heterocycles. The molecule has 0 bridgehead atoms. The number of halogens is 1. The first-order valence-electron chi connectivity index (χ1n) is 5.88. The number of hydrogen-bond acceptors (Lipinski definition) is 3. The molecule has 0 spiro atoms. The number of H-pyrrole nitrogens is 1. The second kappa shape index (κ2) is 5.51. The first-order valence-corrected chi connectivity index (χ1v) is 6.68. The molecule has 6 nitrogen and oxygen atoms in total. The summed E-state index contributed by atoms with van der Waals surface area (Å²) < 4.78 is 0.732. The summed E-state index contributed by atoms with van der Waals surface area (Å²) in [4.78, 5) is 23.4. The molecule has 1 fully saturated rings. The lowest BCUT2D eigenvalue weighted by atomic mass is 10.1. The van der Waals surface area contributed by atoms with Gasteiger partial charge in [0.15, 0.2) is 5.82 Å². The molecule has 0 unspecified atom stereocenters. The van der Waals surface area contributed by atoms with Crippen LogP contribution in [-0.4, -0.2) is 28.1 Å². The zero-order valence-corrected chi connectivity index (χ0v) is 11.6. The summed E-state index contributed by atoms with van der Waals surface area (Å²) in [6.45, 7) is 1.85. The lowest BCUT2D eigenvalue weighted by Crippen LogP contribution is -2.42. The highest BCUT2D eigenvalue weighted by atomic mass is 79.9. The van der Waals surface area contributed by atoms with Gasteiger partial charge in [-0.1, -0.05) is 6.42 Å². The fourth-order valence-electron chi connectivity index (χ4n) is 1.87. The molecule has 0 aromatic carbocycles. The van der Waals surface area contributed by atoms with Gasteiger partial charge in [-0.15, -0.1) is 0 Å². The standard InChI is InChI=1S/C11H15BrN4O2/c1-6-9(12)10(16-15-6)14-11(18)7-4-2-3-5-8(17)13-7/h7H,2-5H2,1H3,(H,13,17)(H2,14,15,16,18)/t7-/m0/s1. The third-order valence-corrected chi connectivity index (χ3v) is 3.88. The van der Waals surface area contributed by atoms with Crippen molar-refractivity contribution in [3.05, 3.63) is 10.2 Å². The van der Waals surface area contributed by atoms with Gasteiger partial charge in [-0.3, -0.25) is 14.7 Å². The molecule has 2 amide bonds. The number of anilines is 1. The molecule has 1 aliphatic heterocycles. The number of carbonyl (C=O) groups is 2. The van der Waals surface area contributed by atoms with E-state index in [1.807, 2.05) is 6.92 Å². The van der Waals surface area contributed by atoms with E-state index in [0.29, 0.717) is 18.7 Å². The minimum absolute atomic E-state index is 0.0649. The van der Waals surface area contributed by atoms with Crippen LogP contribution in [0.3, 0.4) is 0 Å². The van der Waals surface area contributed by atoms with Crippen LogP contribution in [0.2, 0.25) is 0 Å². The molecule has 1 aromatic heterocycles. The minimum atomic E-state index is -0.469. The van der Waals surface area contributed by atoms with E-state index in [1.54, 1.807) is 0 Å². The average molecular weight is 315 g/mol. The van der Waals surface area contributed by atoms with Gasteiger partial charge in [-0.2, -0.15) is 5.10 Å². The molecule has 98 valence electrons. The van der Waals surface area contributed by atoms with Crippen molar-refractivity contribution in [1.29, 1.82) is 0 Å². The Morgan fingerprint density at radius 1 is 1.50 bits per heavy atom. The van der Waals surface area contributed by atoms with Crippen molar-refractivity contribution in [2.45, 2.75) is 38.6 Å². The smallest absolute Gasteiger partial charge is 0.248 e. The van der Waals surface area contributed by atoms with E-state index in [-0.39, 0.29) is 11.8 Å². The van der Waals surface area contributed by atoms with Crippen LogP contribution >= 0.6 is 15.9 Å². The molecule has 0 radical (unpaired) electrons. The van der Waals surface area contributed by atoms with Gasteiger partial charge in [0.25, 0.3) is 0 Å². The van der Waals surface area contributed by atoms with E-state index < -0.39 is 6.04 Å². The zero-order chi connectivity index (χ0) is 13.1. The maximum Gasteiger partial charge on any atom is 0.248 e. The van der Waals surface area contributed by atoms with Crippen molar-refractivity contribution < 1.29 is 9.59 Å². The van der Waals surface area contributed by atoms with Crippen molar-refractivity contribution in [3.63, 3.8) is 0 Å². The quantitative estimate of drug-likeness (QED) is 0.772. The highest BCUT2D eigenvalue weighted by molar-refractivity contribution is 9.10. The van der Waals surface area contributed by atoms with Crippen molar-refractivity contribution in [2.24, 2.45) is 0 Å². The average Bonchev–Trinajstić information content (AvgIpc) is 2.57. The van der Waals surface area contributed by atoms with Gasteiger partial charge in [0, 0.05) is 12.1 Å². The summed E-state index contributed by atoms with van der Waals surface area (Å²) in [5, 5.41) is 12.2. The first-order chi connectivity index (χ1) is 8.58. The summed E-state index contributed by atoms with van der Waals surface area (Å²) in [5.41, 5.74) is 0.843. The molecule has 0 saturated carbocycles. The normalized spacial score (nSPS) is 20.1. The SMILES string of the molecule is Cc1[nH]nc(NC(=O)[C@@H]2CCCCC(=O)N2)c1Br. The number of rotatable bonds is 2. The molecular formula is C11H15BrN4O2. The number of carbonyl (C=O) groups excluding carboxylic acids is 2. The van der Waals surface area contributed by atoms with Gasteiger partial charge < -0.3 is 10.6 Å². The molecule has 1 saturated heterocycles. The van der Waals surface area contributed by atoms with E-state index >= 15 is 0 Å². The summed E-state index contributed by atoms with van der Waals surface area (Å²) in [5.74, 6) is 0.165. The number of aromatic nitrogens is 2. The molecule has 1 aliphatic rings. The predicted molar refractivity (Wildman–Crippen MR) is 70.1 cm³/mol. The number of hydrogen-bond donors (Lipinski definition) is 3. The Hall–Kier alpha value is -1.37. The van der Waals surface area contributed by atoms with Crippen LogP contribution in [-0.2, 0) is 9.59 Å².